The van der Waals surface area contributed by atoms with E-state index in [0.29, 0.717) is 11.7 Å². The van der Waals surface area contributed by atoms with Crippen LogP contribution in [-0.2, 0) is 0 Å². The van der Waals surface area contributed by atoms with E-state index in [1.54, 1.807) is 0 Å². The Balaban J connectivity index is 2.41. The number of nitrogens with two attached hydrogens (primary N) is 1. The number of rotatable bonds is 2. The highest BCUT2D eigenvalue weighted by atomic mass is 14.8. The van der Waals surface area contributed by atoms with Crippen LogP contribution in [0.15, 0.2) is 12.1 Å². The van der Waals surface area contributed by atoms with Crippen molar-refractivity contribution in [1.29, 1.82) is 0 Å². The third kappa shape index (κ3) is 1.67. The lowest BCUT2D eigenvalue weighted by Gasteiger charge is -2.11. The summed E-state index contributed by atoms with van der Waals surface area (Å²) in [5, 5.41) is 0. The number of anilines is 1. The fourth-order valence-corrected chi connectivity index (χ4v) is 1.70. The first kappa shape index (κ1) is 8.54. The van der Waals surface area contributed by atoms with Crippen LogP contribution in [0.4, 0.5) is 5.82 Å². The predicted octanol–water partition coefficient (Wildman–Crippen LogP) is 2.66. The van der Waals surface area contributed by atoms with Gasteiger partial charge in [0.15, 0.2) is 0 Å². The van der Waals surface area contributed by atoms with Crippen molar-refractivity contribution in [2.24, 2.45) is 0 Å². The van der Waals surface area contributed by atoms with Crippen molar-refractivity contribution < 1.29 is 0 Å². The maximum atomic E-state index is 5.67. The molecule has 0 radical (unpaired) electrons. The number of pyridine rings is 1. The van der Waals surface area contributed by atoms with Crippen molar-refractivity contribution in [3.63, 3.8) is 0 Å². The lowest BCUT2D eigenvalue weighted by atomic mass is 10.0. The van der Waals surface area contributed by atoms with E-state index in [0.717, 1.165) is 5.92 Å². The maximum Gasteiger partial charge on any atom is 0.123 e. The molecular formula is C11H16N2. The standard InChI is InChI=1S/C11H16N2/c1-7(2)11-9(8-3-4-8)5-6-10(12)13-11/h5-8H,3-4H2,1-2H3,(H2,12,13). The zero-order chi connectivity index (χ0) is 9.42. The molecule has 1 fully saturated rings. The maximum absolute atomic E-state index is 5.67. The first-order valence-electron chi connectivity index (χ1n) is 4.95. The second-order valence-corrected chi connectivity index (χ2v) is 4.14. The molecule has 0 saturated heterocycles. The molecule has 70 valence electrons. The highest BCUT2D eigenvalue weighted by molar-refractivity contribution is 5.38. The third-order valence-electron chi connectivity index (χ3n) is 2.54. The van der Waals surface area contributed by atoms with Gasteiger partial charge in [0.2, 0.25) is 0 Å². The Bertz CT molecular complexity index is 314. The van der Waals surface area contributed by atoms with Crippen LogP contribution in [0.5, 0.6) is 0 Å². The molecule has 1 aliphatic rings. The molecule has 1 saturated carbocycles. The number of hydrogen-bond donors (Lipinski definition) is 1. The molecule has 2 nitrogen and oxygen atoms in total. The lowest BCUT2D eigenvalue weighted by Crippen LogP contribution is -2.02. The van der Waals surface area contributed by atoms with Gasteiger partial charge in [-0.05, 0) is 36.3 Å². The van der Waals surface area contributed by atoms with E-state index in [-0.39, 0.29) is 0 Å². The zero-order valence-corrected chi connectivity index (χ0v) is 8.25. The summed E-state index contributed by atoms with van der Waals surface area (Å²) in [5.74, 6) is 1.90. The van der Waals surface area contributed by atoms with Crippen molar-refractivity contribution in [3.05, 3.63) is 23.4 Å². The smallest absolute Gasteiger partial charge is 0.123 e. The van der Waals surface area contributed by atoms with Gasteiger partial charge >= 0.3 is 0 Å². The second-order valence-electron chi connectivity index (χ2n) is 4.14. The molecule has 1 aromatic heterocycles. The molecule has 0 amide bonds. The Morgan fingerprint density at radius 3 is 2.62 bits per heavy atom. The minimum atomic E-state index is 0.485. The van der Waals surface area contributed by atoms with Gasteiger partial charge in [0.05, 0.1) is 0 Å². The largest absolute Gasteiger partial charge is 0.384 e. The van der Waals surface area contributed by atoms with Crippen LogP contribution in [-0.4, -0.2) is 4.98 Å². The summed E-state index contributed by atoms with van der Waals surface area (Å²) in [7, 11) is 0. The Labute approximate surface area is 79.2 Å². The zero-order valence-electron chi connectivity index (χ0n) is 8.25. The molecule has 0 spiro atoms. The van der Waals surface area contributed by atoms with Crippen molar-refractivity contribution in [3.8, 4) is 0 Å². The van der Waals surface area contributed by atoms with Gasteiger partial charge in [0, 0.05) is 5.69 Å². The first-order valence-corrected chi connectivity index (χ1v) is 4.95. The minimum Gasteiger partial charge on any atom is -0.384 e. The van der Waals surface area contributed by atoms with Crippen LogP contribution in [0.1, 0.15) is 49.8 Å². The molecule has 1 aliphatic carbocycles. The quantitative estimate of drug-likeness (QED) is 0.752. The van der Waals surface area contributed by atoms with Crippen molar-refractivity contribution in [2.45, 2.75) is 38.5 Å². The fourth-order valence-electron chi connectivity index (χ4n) is 1.70. The molecule has 1 heterocycles. The van der Waals surface area contributed by atoms with Crippen LogP contribution in [0, 0.1) is 0 Å². The van der Waals surface area contributed by atoms with Gasteiger partial charge in [-0.2, -0.15) is 0 Å². The first-order chi connectivity index (χ1) is 6.18. The normalized spacial score (nSPS) is 16.5. The highest BCUT2D eigenvalue weighted by Crippen LogP contribution is 2.42. The average molecular weight is 176 g/mol. The molecule has 0 unspecified atom stereocenters. The van der Waals surface area contributed by atoms with E-state index >= 15 is 0 Å². The van der Waals surface area contributed by atoms with Gasteiger partial charge in [-0.15, -0.1) is 0 Å². The monoisotopic (exact) mass is 176 g/mol. The summed E-state index contributed by atoms with van der Waals surface area (Å²) in [6.45, 7) is 4.35. The van der Waals surface area contributed by atoms with Crippen molar-refractivity contribution in [2.75, 3.05) is 5.73 Å². The molecular weight excluding hydrogens is 160 g/mol. The summed E-state index contributed by atoms with van der Waals surface area (Å²) >= 11 is 0. The van der Waals surface area contributed by atoms with Gasteiger partial charge < -0.3 is 5.73 Å². The number of aromatic nitrogens is 1. The van der Waals surface area contributed by atoms with E-state index in [9.17, 15) is 0 Å². The Hall–Kier alpha value is -1.05. The van der Waals surface area contributed by atoms with Crippen molar-refractivity contribution >= 4 is 5.82 Å². The molecule has 0 aliphatic heterocycles. The minimum absolute atomic E-state index is 0.485. The molecule has 2 heteroatoms. The van der Waals surface area contributed by atoms with Gasteiger partial charge in [0.1, 0.15) is 5.82 Å². The van der Waals surface area contributed by atoms with Crippen LogP contribution in [0.3, 0.4) is 0 Å². The summed E-state index contributed by atoms with van der Waals surface area (Å²) in [6, 6.07) is 4.06. The van der Waals surface area contributed by atoms with Crippen molar-refractivity contribution in [1.82, 2.24) is 4.98 Å². The van der Waals surface area contributed by atoms with Gasteiger partial charge in [-0.25, -0.2) is 4.98 Å². The Kier molecular flexibility index (Phi) is 1.98. The van der Waals surface area contributed by atoms with E-state index in [2.05, 4.69) is 24.9 Å². The Morgan fingerprint density at radius 2 is 2.08 bits per heavy atom. The molecule has 0 bridgehead atoms. The van der Waals surface area contributed by atoms with Gasteiger partial charge in [-0.3, -0.25) is 0 Å². The number of nitrogens with zero attached hydrogens (tertiary/aromatic N) is 1. The molecule has 1 aromatic rings. The molecule has 0 aromatic carbocycles. The fraction of sp³-hybridized carbons (Fsp3) is 0.545. The van der Waals surface area contributed by atoms with Crippen LogP contribution >= 0.6 is 0 Å². The highest BCUT2D eigenvalue weighted by Gasteiger charge is 2.27. The predicted molar refractivity (Wildman–Crippen MR) is 54.7 cm³/mol. The lowest BCUT2D eigenvalue weighted by molar-refractivity contribution is 0.800. The van der Waals surface area contributed by atoms with E-state index < -0.39 is 0 Å². The Morgan fingerprint density at radius 1 is 1.38 bits per heavy atom. The van der Waals surface area contributed by atoms with Crippen LogP contribution < -0.4 is 5.73 Å². The molecule has 2 rings (SSSR count). The number of hydrogen-bond acceptors (Lipinski definition) is 2. The number of nitrogen functional groups attached to an aromatic ring is 1. The van der Waals surface area contributed by atoms with Gasteiger partial charge in [-0.1, -0.05) is 19.9 Å². The summed E-state index contributed by atoms with van der Waals surface area (Å²) in [4.78, 5) is 4.41. The van der Waals surface area contributed by atoms with E-state index in [1.807, 2.05) is 6.07 Å². The van der Waals surface area contributed by atoms with E-state index in [4.69, 9.17) is 5.73 Å². The summed E-state index contributed by atoms with van der Waals surface area (Å²) in [5.41, 5.74) is 8.29. The molecule has 0 atom stereocenters. The van der Waals surface area contributed by atoms with E-state index in [1.165, 1.54) is 24.1 Å². The third-order valence-corrected chi connectivity index (χ3v) is 2.54. The van der Waals surface area contributed by atoms with Crippen LogP contribution in [0.25, 0.3) is 0 Å². The summed E-state index contributed by atoms with van der Waals surface area (Å²) < 4.78 is 0. The van der Waals surface area contributed by atoms with Crippen LogP contribution in [0.2, 0.25) is 0 Å². The SMILES string of the molecule is CC(C)c1nc(N)ccc1C1CC1. The summed E-state index contributed by atoms with van der Waals surface area (Å²) in [6.07, 6.45) is 2.65. The second kappa shape index (κ2) is 3.02. The molecule has 13 heavy (non-hydrogen) atoms. The topological polar surface area (TPSA) is 38.9 Å². The van der Waals surface area contributed by atoms with Gasteiger partial charge in [0.25, 0.3) is 0 Å². The average Bonchev–Trinajstić information content (AvgIpc) is 2.87. The molecule has 2 N–H and O–H groups in total.